The van der Waals surface area contributed by atoms with Crippen LogP contribution in [0.4, 0.5) is 22.1 Å². The van der Waals surface area contributed by atoms with E-state index in [1.807, 2.05) is 31.2 Å². The number of nitrogens with two attached hydrogens (primary N) is 1. The summed E-state index contributed by atoms with van der Waals surface area (Å²) in [6.45, 7) is 3.08. The lowest BCUT2D eigenvalue weighted by molar-refractivity contribution is -0.107. The maximum Gasteiger partial charge on any atom is 0.324 e. The molecule has 28 heavy (non-hydrogen) atoms. The number of hydrogen-bond acceptors (Lipinski definition) is 6. The van der Waals surface area contributed by atoms with Gasteiger partial charge in [-0.3, -0.25) is 14.6 Å². The second kappa shape index (κ2) is 9.65. The molecule has 0 bridgehead atoms. The van der Waals surface area contributed by atoms with Gasteiger partial charge < -0.3 is 15.4 Å². The number of nitrogens with zero attached hydrogens (tertiary/aromatic N) is 5. The van der Waals surface area contributed by atoms with Crippen LogP contribution in [0.25, 0.3) is 0 Å². The van der Waals surface area contributed by atoms with Gasteiger partial charge in [-0.15, -0.1) is 0 Å². The van der Waals surface area contributed by atoms with E-state index < -0.39 is 0 Å². The zero-order valence-electron chi connectivity index (χ0n) is 16.6. The molecule has 150 valence electrons. The highest BCUT2D eigenvalue weighted by molar-refractivity contribution is 5.99. The van der Waals surface area contributed by atoms with Gasteiger partial charge in [-0.2, -0.15) is 0 Å². The number of ether oxygens (including phenoxy) is 1. The van der Waals surface area contributed by atoms with E-state index in [9.17, 15) is 9.59 Å². The quantitative estimate of drug-likeness (QED) is 0.692. The van der Waals surface area contributed by atoms with Gasteiger partial charge in [0.25, 0.3) is 0 Å². The van der Waals surface area contributed by atoms with Gasteiger partial charge in [-0.25, -0.2) is 14.8 Å². The summed E-state index contributed by atoms with van der Waals surface area (Å²) in [6.07, 6.45) is 1.94. The first-order chi connectivity index (χ1) is 13.4. The lowest BCUT2D eigenvalue weighted by atomic mass is 10.1. The lowest BCUT2D eigenvalue weighted by Crippen LogP contribution is -2.41. The number of aromatic nitrogens is 2. The second-order valence-corrected chi connectivity index (χ2v) is 6.41. The molecule has 2 rings (SSSR count). The summed E-state index contributed by atoms with van der Waals surface area (Å²) in [6, 6.07) is 7.48. The smallest absolute Gasteiger partial charge is 0.324 e. The van der Waals surface area contributed by atoms with Crippen molar-refractivity contribution in [3.63, 3.8) is 0 Å². The number of hydrogen-bond donors (Lipinski definition) is 1. The first kappa shape index (κ1) is 21.1. The van der Waals surface area contributed by atoms with E-state index in [0.29, 0.717) is 19.6 Å². The Morgan fingerprint density at radius 3 is 2.50 bits per heavy atom. The maximum atomic E-state index is 12.7. The van der Waals surface area contributed by atoms with Gasteiger partial charge in [0.1, 0.15) is 12.0 Å². The van der Waals surface area contributed by atoms with Crippen LogP contribution >= 0.6 is 0 Å². The van der Waals surface area contributed by atoms with Crippen molar-refractivity contribution in [3.05, 3.63) is 41.7 Å². The van der Waals surface area contributed by atoms with Gasteiger partial charge >= 0.3 is 6.03 Å². The summed E-state index contributed by atoms with van der Waals surface area (Å²) in [7, 11) is 4.79. The third-order valence-electron chi connectivity index (χ3n) is 4.28. The molecule has 1 heterocycles. The molecule has 0 saturated heterocycles. The van der Waals surface area contributed by atoms with Crippen LogP contribution in [-0.4, -0.2) is 61.7 Å². The normalized spacial score (nSPS) is 10.4. The molecule has 1 aromatic carbocycles. The van der Waals surface area contributed by atoms with Crippen LogP contribution in [0.2, 0.25) is 0 Å². The van der Waals surface area contributed by atoms with Gasteiger partial charge in [0, 0.05) is 27.7 Å². The van der Waals surface area contributed by atoms with Crippen LogP contribution < -0.4 is 15.5 Å². The van der Waals surface area contributed by atoms with Crippen LogP contribution in [0, 0.1) is 6.92 Å². The Kier molecular flexibility index (Phi) is 7.28. The van der Waals surface area contributed by atoms with Crippen LogP contribution in [0.15, 0.2) is 30.6 Å². The van der Waals surface area contributed by atoms with Crippen molar-refractivity contribution in [3.8, 4) is 0 Å². The van der Waals surface area contributed by atoms with Crippen molar-refractivity contribution >= 4 is 29.8 Å². The number of carbonyl (C=O) groups is 2. The highest BCUT2D eigenvalue weighted by Gasteiger charge is 2.25. The van der Waals surface area contributed by atoms with E-state index >= 15 is 0 Å². The Balaban J connectivity index is 2.34. The molecule has 0 aliphatic heterocycles. The van der Waals surface area contributed by atoms with Crippen LogP contribution in [0.1, 0.15) is 11.1 Å². The number of aryl methyl sites for hydroxylation is 1. The van der Waals surface area contributed by atoms with Crippen molar-refractivity contribution in [1.82, 2.24) is 14.9 Å². The third-order valence-corrected chi connectivity index (χ3v) is 4.28. The zero-order valence-corrected chi connectivity index (χ0v) is 16.6. The molecule has 0 unspecified atom stereocenters. The molecule has 0 saturated carbocycles. The predicted molar refractivity (Wildman–Crippen MR) is 108 cm³/mol. The van der Waals surface area contributed by atoms with Crippen LogP contribution in [0.3, 0.4) is 0 Å². The molecule has 0 radical (unpaired) electrons. The summed E-state index contributed by atoms with van der Waals surface area (Å²) in [5.74, 6) is 0.371. The Morgan fingerprint density at radius 2 is 1.89 bits per heavy atom. The van der Waals surface area contributed by atoms with Crippen molar-refractivity contribution in [2.45, 2.75) is 13.5 Å². The average Bonchev–Trinajstić information content (AvgIpc) is 2.70. The zero-order chi connectivity index (χ0) is 20.7. The summed E-state index contributed by atoms with van der Waals surface area (Å²) >= 11 is 0. The minimum Gasteiger partial charge on any atom is -0.383 e. The molecule has 1 aromatic heterocycles. The summed E-state index contributed by atoms with van der Waals surface area (Å²) in [5, 5.41) is 0. The number of amides is 3. The van der Waals surface area contributed by atoms with E-state index in [0.717, 1.165) is 11.1 Å². The molecule has 0 spiro atoms. The number of likely N-dealkylation sites (N-methyl/N-ethyl adjacent to an activating group) is 1. The fourth-order valence-corrected chi connectivity index (χ4v) is 2.64. The number of methoxy groups -OCH3 is 1. The predicted octanol–water partition coefficient (Wildman–Crippen LogP) is 1.66. The highest BCUT2D eigenvalue weighted by Crippen LogP contribution is 2.31. The summed E-state index contributed by atoms with van der Waals surface area (Å²) in [4.78, 5) is 37.0. The fraction of sp³-hybridized carbons (Fsp3) is 0.368. The highest BCUT2D eigenvalue weighted by atomic mass is 16.5. The van der Waals surface area contributed by atoms with Gasteiger partial charge in [0.05, 0.1) is 13.2 Å². The maximum absolute atomic E-state index is 12.7. The van der Waals surface area contributed by atoms with Gasteiger partial charge in [-0.1, -0.05) is 29.8 Å². The minimum atomic E-state index is -0.319. The molecule has 2 N–H and O–H groups in total. The number of rotatable bonds is 8. The van der Waals surface area contributed by atoms with Crippen LogP contribution in [-0.2, 0) is 16.1 Å². The molecule has 0 fully saturated rings. The SMILES string of the molecule is COCCN(C)C(=O)N(C)c1c(N)ncnc1N(C=O)Cc1ccc(C)cc1. The lowest BCUT2D eigenvalue weighted by Gasteiger charge is -2.28. The van der Waals surface area contributed by atoms with Crippen molar-refractivity contribution in [2.75, 3.05) is 49.9 Å². The number of benzene rings is 1. The largest absolute Gasteiger partial charge is 0.383 e. The number of anilines is 3. The van der Waals surface area contributed by atoms with Crippen molar-refractivity contribution in [1.29, 1.82) is 0 Å². The van der Waals surface area contributed by atoms with Gasteiger partial charge in [0.2, 0.25) is 6.41 Å². The Labute approximate surface area is 164 Å². The van der Waals surface area contributed by atoms with E-state index in [1.54, 1.807) is 21.2 Å². The molecule has 9 heteroatoms. The number of urea groups is 1. The first-order valence-electron chi connectivity index (χ1n) is 8.74. The first-order valence-corrected chi connectivity index (χ1v) is 8.74. The van der Waals surface area contributed by atoms with E-state index in [4.69, 9.17) is 10.5 Å². The monoisotopic (exact) mass is 386 g/mol. The number of carbonyl (C=O) groups excluding carboxylic acids is 2. The molecule has 9 nitrogen and oxygen atoms in total. The third kappa shape index (κ3) is 4.95. The number of nitrogen functional groups attached to an aromatic ring is 1. The second-order valence-electron chi connectivity index (χ2n) is 6.41. The molecule has 0 aliphatic rings. The Hall–Kier alpha value is -3.20. The van der Waals surface area contributed by atoms with Gasteiger partial charge in [0.15, 0.2) is 11.6 Å². The van der Waals surface area contributed by atoms with E-state index in [2.05, 4.69) is 9.97 Å². The van der Waals surface area contributed by atoms with Gasteiger partial charge in [-0.05, 0) is 12.5 Å². The minimum absolute atomic E-state index is 0.108. The Bertz CT molecular complexity index is 812. The Morgan fingerprint density at radius 1 is 1.21 bits per heavy atom. The summed E-state index contributed by atoms with van der Waals surface area (Å²) < 4.78 is 5.01. The van der Waals surface area contributed by atoms with Crippen molar-refractivity contribution in [2.24, 2.45) is 0 Å². The molecular weight excluding hydrogens is 360 g/mol. The summed E-state index contributed by atoms with van der Waals surface area (Å²) in [5.41, 5.74) is 8.36. The van der Waals surface area contributed by atoms with Crippen molar-refractivity contribution < 1.29 is 14.3 Å². The van der Waals surface area contributed by atoms with Crippen LogP contribution in [0.5, 0.6) is 0 Å². The van der Waals surface area contributed by atoms with E-state index in [1.165, 1.54) is 21.0 Å². The molecular formula is C19H26N6O3. The molecule has 0 atom stereocenters. The fourth-order valence-electron chi connectivity index (χ4n) is 2.64. The molecule has 0 aliphatic carbocycles. The molecule has 3 amide bonds. The standard InChI is InChI=1S/C19H26N6O3/c1-14-5-7-15(8-6-14)11-25(13-26)18-16(17(20)21-12-22-18)24(3)19(27)23(2)9-10-28-4/h5-8,12-13H,9-11H2,1-4H3,(H2,20,21,22). The topological polar surface area (TPSA) is 105 Å². The molecule has 2 aromatic rings. The average molecular weight is 386 g/mol. The van der Waals surface area contributed by atoms with E-state index in [-0.39, 0.29) is 29.9 Å².